The van der Waals surface area contributed by atoms with Crippen LogP contribution in [0.25, 0.3) is 16.7 Å². The molecule has 3 aromatic carbocycles. The summed E-state index contributed by atoms with van der Waals surface area (Å²) < 4.78 is 12.7. The zero-order valence-electron chi connectivity index (χ0n) is 18.3. The largest absolute Gasteiger partial charge is 0.493 e. The summed E-state index contributed by atoms with van der Waals surface area (Å²) in [5.41, 5.74) is 3.92. The topological polar surface area (TPSA) is 56.6 Å². The van der Waals surface area contributed by atoms with E-state index in [0.717, 1.165) is 27.4 Å². The second kappa shape index (κ2) is 9.78. The van der Waals surface area contributed by atoms with Crippen molar-refractivity contribution in [1.82, 2.24) is 14.5 Å². The van der Waals surface area contributed by atoms with Gasteiger partial charge in [-0.1, -0.05) is 48.2 Å². The van der Waals surface area contributed by atoms with Crippen LogP contribution in [0.4, 0.5) is 0 Å². The Morgan fingerprint density at radius 1 is 0.969 bits per heavy atom. The van der Waals surface area contributed by atoms with Crippen LogP contribution in [0, 0.1) is 0 Å². The van der Waals surface area contributed by atoms with E-state index in [1.807, 2.05) is 72.8 Å². The van der Waals surface area contributed by atoms with Gasteiger partial charge >= 0.3 is 0 Å². The van der Waals surface area contributed by atoms with Crippen LogP contribution < -0.4 is 9.47 Å². The number of ether oxygens (including phenoxy) is 2. The highest BCUT2D eigenvalue weighted by Gasteiger charge is 2.16. The van der Waals surface area contributed by atoms with E-state index in [4.69, 9.17) is 14.5 Å². The molecule has 0 atom stereocenters. The average Bonchev–Trinajstić information content (AvgIpc) is 3.21. The molecule has 1 amide bonds. The van der Waals surface area contributed by atoms with E-state index in [-0.39, 0.29) is 5.91 Å². The van der Waals surface area contributed by atoms with Crippen molar-refractivity contribution in [3.8, 4) is 17.2 Å². The maximum atomic E-state index is 12.9. The molecular formula is C25H25N3O3S. The molecule has 7 heteroatoms. The quantitative estimate of drug-likeness (QED) is 0.364. The molecule has 1 heterocycles. The first-order chi connectivity index (χ1) is 15.6. The van der Waals surface area contributed by atoms with Crippen molar-refractivity contribution >= 4 is 28.7 Å². The summed E-state index contributed by atoms with van der Waals surface area (Å²) in [5.74, 6) is 1.63. The fourth-order valence-electron chi connectivity index (χ4n) is 3.50. The number of methoxy groups -OCH3 is 2. The fraction of sp³-hybridized carbons (Fsp3) is 0.200. The lowest BCUT2D eigenvalue weighted by atomic mass is 10.2. The van der Waals surface area contributed by atoms with Crippen molar-refractivity contribution < 1.29 is 14.3 Å². The summed E-state index contributed by atoms with van der Waals surface area (Å²) in [4.78, 5) is 19.4. The number of rotatable bonds is 8. The number of imidazole rings is 1. The Bertz CT molecular complexity index is 1220. The molecule has 6 nitrogen and oxygen atoms in total. The number of hydrogen-bond acceptors (Lipinski definition) is 5. The van der Waals surface area contributed by atoms with E-state index >= 15 is 0 Å². The second-order valence-electron chi connectivity index (χ2n) is 7.28. The van der Waals surface area contributed by atoms with Gasteiger partial charge in [0.1, 0.15) is 0 Å². The summed E-state index contributed by atoms with van der Waals surface area (Å²) in [6.45, 7) is 0.481. The molecule has 0 saturated carbocycles. The van der Waals surface area contributed by atoms with Crippen LogP contribution in [0.3, 0.4) is 0 Å². The van der Waals surface area contributed by atoms with E-state index in [2.05, 4.69) is 4.57 Å². The van der Waals surface area contributed by atoms with Crippen molar-refractivity contribution in [3.05, 3.63) is 78.4 Å². The lowest BCUT2D eigenvalue weighted by molar-refractivity contribution is -0.127. The highest BCUT2D eigenvalue weighted by Crippen LogP contribution is 2.29. The highest BCUT2D eigenvalue weighted by molar-refractivity contribution is 7.99. The van der Waals surface area contributed by atoms with Gasteiger partial charge in [-0.3, -0.25) is 9.36 Å². The van der Waals surface area contributed by atoms with Gasteiger partial charge in [0.15, 0.2) is 16.7 Å². The van der Waals surface area contributed by atoms with Gasteiger partial charge in [0.25, 0.3) is 0 Å². The summed E-state index contributed by atoms with van der Waals surface area (Å²) in [6.07, 6.45) is 0. The number of fused-ring (bicyclic) bond motifs is 1. The third-order valence-corrected chi connectivity index (χ3v) is 6.09. The third kappa shape index (κ3) is 4.57. The van der Waals surface area contributed by atoms with Gasteiger partial charge in [-0.15, -0.1) is 0 Å². The molecule has 0 bridgehead atoms. The van der Waals surface area contributed by atoms with Crippen molar-refractivity contribution in [3.63, 3.8) is 0 Å². The van der Waals surface area contributed by atoms with Crippen LogP contribution >= 0.6 is 11.8 Å². The van der Waals surface area contributed by atoms with Gasteiger partial charge < -0.3 is 14.4 Å². The van der Waals surface area contributed by atoms with Crippen molar-refractivity contribution in [1.29, 1.82) is 0 Å². The normalized spacial score (nSPS) is 10.8. The second-order valence-corrected chi connectivity index (χ2v) is 8.22. The molecule has 32 heavy (non-hydrogen) atoms. The zero-order valence-corrected chi connectivity index (χ0v) is 19.1. The molecule has 1 aromatic heterocycles. The van der Waals surface area contributed by atoms with Gasteiger partial charge in [-0.05, 0) is 42.0 Å². The van der Waals surface area contributed by atoms with Crippen LogP contribution in [0.2, 0.25) is 0 Å². The van der Waals surface area contributed by atoms with E-state index < -0.39 is 0 Å². The van der Waals surface area contributed by atoms with E-state index in [0.29, 0.717) is 23.8 Å². The first kappa shape index (κ1) is 21.8. The summed E-state index contributed by atoms with van der Waals surface area (Å²) in [6, 6.07) is 23.8. The molecule has 0 aliphatic rings. The van der Waals surface area contributed by atoms with Crippen LogP contribution in [-0.2, 0) is 11.3 Å². The van der Waals surface area contributed by atoms with Crippen LogP contribution in [0.1, 0.15) is 5.56 Å². The molecule has 4 aromatic rings. The highest BCUT2D eigenvalue weighted by atomic mass is 32.2. The summed E-state index contributed by atoms with van der Waals surface area (Å²) >= 11 is 1.44. The molecule has 0 fully saturated rings. The SMILES string of the molecule is COc1ccc(CN(C)C(=O)CSc2nc3ccccc3n2-c2ccccc2)cc1OC. The van der Waals surface area contributed by atoms with Gasteiger partial charge in [-0.2, -0.15) is 0 Å². The Hall–Kier alpha value is -3.45. The molecule has 0 saturated heterocycles. The monoisotopic (exact) mass is 447 g/mol. The molecule has 0 aliphatic carbocycles. The number of amides is 1. The van der Waals surface area contributed by atoms with Crippen molar-refractivity contribution in [2.75, 3.05) is 27.0 Å². The first-order valence-electron chi connectivity index (χ1n) is 10.2. The third-order valence-electron chi connectivity index (χ3n) is 5.16. The van der Waals surface area contributed by atoms with Gasteiger partial charge in [0, 0.05) is 19.3 Å². The number of nitrogens with zero attached hydrogens (tertiary/aromatic N) is 3. The number of carbonyl (C=O) groups excluding carboxylic acids is 1. The number of hydrogen-bond donors (Lipinski definition) is 0. The molecule has 164 valence electrons. The maximum Gasteiger partial charge on any atom is 0.233 e. The van der Waals surface area contributed by atoms with E-state index in [1.54, 1.807) is 26.2 Å². The molecule has 0 N–H and O–H groups in total. The molecular weight excluding hydrogens is 422 g/mol. The minimum atomic E-state index is 0.0245. The smallest absolute Gasteiger partial charge is 0.233 e. The molecule has 0 aliphatic heterocycles. The molecule has 0 spiro atoms. The number of carbonyl (C=O) groups is 1. The van der Waals surface area contributed by atoms with E-state index in [1.165, 1.54) is 11.8 Å². The number of aromatic nitrogens is 2. The number of benzene rings is 3. The van der Waals surface area contributed by atoms with Crippen LogP contribution in [-0.4, -0.2) is 47.4 Å². The lowest BCUT2D eigenvalue weighted by Gasteiger charge is -2.18. The van der Waals surface area contributed by atoms with Crippen LogP contribution in [0.15, 0.2) is 78.0 Å². The zero-order chi connectivity index (χ0) is 22.5. The Kier molecular flexibility index (Phi) is 6.66. The van der Waals surface area contributed by atoms with Crippen LogP contribution in [0.5, 0.6) is 11.5 Å². The number of thioether (sulfide) groups is 1. The Balaban J connectivity index is 1.49. The predicted molar refractivity (Wildman–Crippen MR) is 128 cm³/mol. The Morgan fingerprint density at radius 3 is 2.44 bits per heavy atom. The standard InChI is InChI=1S/C25H25N3O3S/c1-27(16-18-13-14-22(30-2)23(15-18)31-3)24(29)17-32-25-26-20-11-7-8-12-21(20)28(25)19-9-5-4-6-10-19/h4-15H,16-17H2,1-3H3. The predicted octanol–water partition coefficient (Wildman–Crippen LogP) is 4.79. The minimum Gasteiger partial charge on any atom is -0.493 e. The Morgan fingerprint density at radius 2 is 1.69 bits per heavy atom. The fourth-order valence-corrected chi connectivity index (χ4v) is 4.47. The summed E-state index contributed by atoms with van der Waals surface area (Å²) in [7, 11) is 5.01. The Labute approximate surface area is 191 Å². The molecule has 0 unspecified atom stereocenters. The number of para-hydroxylation sites is 3. The summed E-state index contributed by atoms with van der Waals surface area (Å²) in [5, 5.41) is 0.797. The van der Waals surface area contributed by atoms with Crippen molar-refractivity contribution in [2.45, 2.75) is 11.7 Å². The minimum absolute atomic E-state index is 0.0245. The molecule has 4 rings (SSSR count). The van der Waals surface area contributed by atoms with Crippen molar-refractivity contribution in [2.24, 2.45) is 0 Å². The molecule has 0 radical (unpaired) electrons. The van der Waals surface area contributed by atoms with Gasteiger partial charge in [0.2, 0.25) is 5.91 Å². The average molecular weight is 448 g/mol. The lowest BCUT2D eigenvalue weighted by Crippen LogP contribution is -2.27. The first-order valence-corrected chi connectivity index (χ1v) is 11.2. The van der Waals surface area contributed by atoms with Gasteiger partial charge in [0.05, 0.1) is 31.0 Å². The maximum absolute atomic E-state index is 12.9. The van der Waals surface area contributed by atoms with E-state index in [9.17, 15) is 4.79 Å². The van der Waals surface area contributed by atoms with Gasteiger partial charge in [-0.25, -0.2) is 4.98 Å².